The van der Waals surface area contributed by atoms with E-state index in [1.165, 1.54) is 5.56 Å². The first-order chi connectivity index (χ1) is 17.7. The highest BCUT2D eigenvalue weighted by Crippen LogP contribution is 2.25. The van der Waals surface area contributed by atoms with E-state index < -0.39 is 6.04 Å². The minimum absolute atomic E-state index is 0.0937. The van der Waals surface area contributed by atoms with E-state index in [1.54, 1.807) is 28.8 Å². The van der Waals surface area contributed by atoms with Crippen molar-refractivity contribution in [2.75, 3.05) is 12.3 Å². The molecule has 3 rings (SSSR count). The molecule has 0 aliphatic rings. The van der Waals surface area contributed by atoms with Gasteiger partial charge in [0, 0.05) is 25.3 Å². The van der Waals surface area contributed by atoms with E-state index in [0.717, 1.165) is 22.4 Å². The van der Waals surface area contributed by atoms with Crippen LogP contribution < -0.4 is 5.32 Å². The Kier molecular flexibility index (Phi) is 11.4. The zero-order valence-corrected chi connectivity index (χ0v) is 23.9. The van der Waals surface area contributed by atoms with Gasteiger partial charge in [-0.3, -0.25) is 9.59 Å². The maximum absolute atomic E-state index is 13.7. The number of nitrogens with zero attached hydrogens (tertiary/aromatic N) is 1. The van der Waals surface area contributed by atoms with Crippen molar-refractivity contribution in [1.29, 1.82) is 0 Å². The quantitative estimate of drug-likeness (QED) is 0.262. The van der Waals surface area contributed by atoms with Gasteiger partial charge in [-0.1, -0.05) is 103 Å². The standard InChI is InChI=1S/C30H34Cl2N2O2S/c1-21(2)17-33-30(36)28(16-23-7-5-4-6-8-23)34(18-25-13-14-26(31)27(32)15-25)29(35)20-37-19-24-11-9-22(3)10-12-24/h4-15,21,28H,16-20H2,1-3H3,(H,33,36). The minimum atomic E-state index is -0.664. The van der Waals surface area contributed by atoms with Crippen LogP contribution >= 0.6 is 35.0 Å². The Morgan fingerprint density at radius 1 is 0.892 bits per heavy atom. The summed E-state index contributed by atoms with van der Waals surface area (Å²) in [6.45, 7) is 6.95. The number of thioether (sulfide) groups is 1. The number of aryl methyl sites for hydroxylation is 1. The Balaban J connectivity index is 1.86. The van der Waals surface area contributed by atoms with Crippen LogP contribution in [0.2, 0.25) is 10.0 Å². The largest absolute Gasteiger partial charge is 0.354 e. The molecule has 3 aromatic carbocycles. The molecule has 0 bridgehead atoms. The van der Waals surface area contributed by atoms with Gasteiger partial charge in [0.1, 0.15) is 6.04 Å². The number of hydrogen-bond donors (Lipinski definition) is 1. The Bertz CT molecular complexity index is 1170. The molecule has 3 aromatic rings. The van der Waals surface area contributed by atoms with Crippen LogP contribution in [0.1, 0.15) is 36.1 Å². The van der Waals surface area contributed by atoms with E-state index in [2.05, 4.69) is 36.5 Å². The number of halogens is 2. The fraction of sp³-hybridized carbons (Fsp3) is 0.333. The van der Waals surface area contributed by atoms with E-state index in [4.69, 9.17) is 23.2 Å². The normalized spacial score (nSPS) is 11.8. The zero-order valence-electron chi connectivity index (χ0n) is 21.5. The van der Waals surface area contributed by atoms with Gasteiger partial charge in [0.25, 0.3) is 0 Å². The van der Waals surface area contributed by atoms with Gasteiger partial charge in [0.2, 0.25) is 11.8 Å². The average Bonchev–Trinajstić information content (AvgIpc) is 2.88. The van der Waals surface area contributed by atoms with Crippen molar-refractivity contribution in [1.82, 2.24) is 10.2 Å². The molecular formula is C30H34Cl2N2O2S. The summed E-state index contributed by atoms with van der Waals surface area (Å²) in [6.07, 6.45) is 0.417. The predicted molar refractivity (Wildman–Crippen MR) is 156 cm³/mol. The van der Waals surface area contributed by atoms with Crippen LogP contribution in [0, 0.1) is 12.8 Å². The summed E-state index contributed by atoms with van der Waals surface area (Å²) >= 11 is 14.0. The Morgan fingerprint density at radius 3 is 2.22 bits per heavy atom. The molecule has 0 saturated carbocycles. The maximum Gasteiger partial charge on any atom is 0.243 e. The molecule has 0 fully saturated rings. The summed E-state index contributed by atoms with van der Waals surface area (Å²) in [5.41, 5.74) is 4.18. The number of carbonyl (C=O) groups excluding carboxylic acids is 2. The lowest BCUT2D eigenvalue weighted by Gasteiger charge is -2.32. The van der Waals surface area contributed by atoms with E-state index in [9.17, 15) is 9.59 Å². The first-order valence-electron chi connectivity index (χ1n) is 12.4. The van der Waals surface area contributed by atoms with Crippen LogP contribution in [-0.2, 0) is 28.3 Å². The lowest BCUT2D eigenvalue weighted by Crippen LogP contribution is -2.51. The second-order valence-electron chi connectivity index (χ2n) is 9.59. The highest BCUT2D eigenvalue weighted by molar-refractivity contribution is 7.99. The topological polar surface area (TPSA) is 49.4 Å². The lowest BCUT2D eigenvalue weighted by atomic mass is 10.0. The fourth-order valence-corrected chi connectivity index (χ4v) is 5.03. The van der Waals surface area contributed by atoms with Crippen molar-refractivity contribution in [3.8, 4) is 0 Å². The van der Waals surface area contributed by atoms with Gasteiger partial charge in [-0.2, -0.15) is 0 Å². The van der Waals surface area contributed by atoms with E-state index in [-0.39, 0.29) is 24.1 Å². The number of benzene rings is 3. The highest BCUT2D eigenvalue weighted by atomic mass is 35.5. The second kappa shape index (κ2) is 14.5. The van der Waals surface area contributed by atoms with Crippen LogP contribution in [0.15, 0.2) is 72.8 Å². The number of rotatable bonds is 12. The summed E-state index contributed by atoms with van der Waals surface area (Å²) in [5, 5.41) is 3.92. The lowest BCUT2D eigenvalue weighted by molar-refractivity contribution is -0.139. The van der Waals surface area contributed by atoms with Gasteiger partial charge in [-0.05, 0) is 41.7 Å². The van der Waals surface area contributed by atoms with Gasteiger partial charge < -0.3 is 10.2 Å². The molecular weight excluding hydrogens is 523 g/mol. The van der Waals surface area contributed by atoms with Crippen molar-refractivity contribution in [2.24, 2.45) is 5.92 Å². The van der Waals surface area contributed by atoms with Gasteiger partial charge in [-0.25, -0.2) is 0 Å². The molecule has 2 amide bonds. The molecule has 196 valence electrons. The van der Waals surface area contributed by atoms with E-state index in [0.29, 0.717) is 28.9 Å². The molecule has 37 heavy (non-hydrogen) atoms. The third-order valence-electron chi connectivity index (χ3n) is 5.91. The first kappa shape index (κ1) is 29.1. The number of nitrogens with one attached hydrogen (secondary N) is 1. The second-order valence-corrected chi connectivity index (χ2v) is 11.4. The molecule has 0 aliphatic carbocycles. The van der Waals surface area contributed by atoms with Gasteiger partial charge >= 0.3 is 0 Å². The van der Waals surface area contributed by atoms with Crippen LogP contribution in [0.4, 0.5) is 0 Å². The molecule has 0 saturated heterocycles. The highest BCUT2D eigenvalue weighted by Gasteiger charge is 2.30. The maximum atomic E-state index is 13.7. The smallest absolute Gasteiger partial charge is 0.243 e. The van der Waals surface area contributed by atoms with Gasteiger partial charge in [0.15, 0.2) is 0 Å². The molecule has 0 aromatic heterocycles. The van der Waals surface area contributed by atoms with Crippen molar-refractivity contribution < 1.29 is 9.59 Å². The molecule has 7 heteroatoms. The molecule has 0 spiro atoms. The van der Waals surface area contributed by atoms with Crippen LogP contribution in [-0.4, -0.2) is 35.1 Å². The van der Waals surface area contributed by atoms with Gasteiger partial charge in [-0.15, -0.1) is 11.8 Å². The van der Waals surface area contributed by atoms with E-state index in [1.807, 2.05) is 50.2 Å². The van der Waals surface area contributed by atoms with Crippen LogP contribution in [0.5, 0.6) is 0 Å². The van der Waals surface area contributed by atoms with Crippen molar-refractivity contribution in [3.05, 3.63) is 105 Å². The summed E-state index contributed by atoms with van der Waals surface area (Å²) in [6, 6.07) is 22.8. The molecule has 4 nitrogen and oxygen atoms in total. The average molecular weight is 558 g/mol. The summed E-state index contributed by atoms with van der Waals surface area (Å²) < 4.78 is 0. The van der Waals surface area contributed by atoms with Crippen molar-refractivity contribution in [3.63, 3.8) is 0 Å². The molecule has 1 atom stereocenters. The summed E-state index contributed by atoms with van der Waals surface area (Å²) in [4.78, 5) is 28.8. The minimum Gasteiger partial charge on any atom is -0.354 e. The van der Waals surface area contributed by atoms with E-state index >= 15 is 0 Å². The molecule has 1 N–H and O–H groups in total. The Labute approximate surface area is 234 Å². The van der Waals surface area contributed by atoms with Crippen molar-refractivity contribution >= 4 is 46.8 Å². The van der Waals surface area contributed by atoms with Crippen LogP contribution in [0.25, 0.3) is 0 Å². The number of carbonyl (C=O) groups is 2. The predicted octanol–water partition coefficient (Wildman–Crippen LogP) is 6.95. The first-order valence-corrected chi connectivity index (χ1v) is 14.3. The molecule has 0 radical (unpaired) electrons. The number of amides is 2. The molecule has 0 aliphatic heterocycles. The Hall–Kier alpha value is -2.47. The molecule has 1 unspecified atom stereocenters. The fourth-order valence-electron chi connectivity index (χ4n) is 3.83. The number of hydrogen-bond acceptors (Lipinski definition) is 3. The summed E-state index contributed by atoms with van der Waals surface area (Å²) in [7, 11) is 0. The van der Waals surface area contributed by atoms with Crippen molar-refractivity contribution in [2.45, 2.75) is 45.5 Å². The molecule has 0 heterocycles. The third kappa shape index (κ3) is 9.41. The van der Waals surface area contributed by atoms with Crippen LogP contribution in [0.3, 0.4) is 0 Å². The summed E-state index contributed by atoms with van der Waals surface area (Å²) in [5.74, 6) is 1.02. The third-order valence-corrected chi connectivity index (χ3v) is 7.63. The monoisotopic (exact) mass is 556 g/mol. The van der Waals surface area contributed by atoms with Gasteiger partial charge in [0.05, 0.1) is 15.8 Å². The SMILES string of the molecule is Cc1ccc(CSCC(=O)N(Cc2ccc(Cl)c(Cl)c2)C(Cc2ccccc2)C(=O)NCC(C)C)cc1. The Morgan fingerprint density at radius 2 is 1.57 bits per heavy atom. The zero-order chi connectivity index (χ0) is 26.8.